The monoisotopic (exact) mass is 527 g/mol. The summed E-state index contributed by atoms with van der Waals surface area (Å²) in [6.45, 7) is 3.52. The highest BCUT2D eigenvalue weighted by molar-refractivity contribution is 5.98. The summed E-state index contributed by atoms with van der Waals surface area (Å²) in [5, 5.41) is 2.12. The first kappa shape index (κ1) is 29.7. The van der Waals surface area contributed by atoms with Crippen LogP contribution in [0.4, 0.5) is 32.0 Å². The van der Waals surface area contributed by atoms with Gasteiger partial charge in [0.25, 0.3) is 5.91 Å². The molecule has 7 nitrogen and oxygen atoms in total. The zero-order valence-corrected chi connectivity index (χ0v) is 20.5. The van der Waals surface area contributed by atoms with Crippen molar-refractivity contribution in [3.8, 4) is 5.75 Å². The first-order valence-electron chi connectivity index (χ1n) is 11.3. The van der Waals surface area contributed by atoms with Crippen LogP contribution in [0.2, 0.25) is 0 Å². The van der Waals surface area contributed by atoms with Gasteiger partial charge in [-0.25, -0.2) is 0 Å². The van der Waals surface area contributed by atoms with Crippen LogP contribution in [0, 0.1) is 5.92 Å². The van der Waals surface area contributed by atoms with E-state index in [1.807, 2.05) is 6.92 Å². The smallest absolute Gasteiger partial charge is 0.397 e. The molecule has 2 amide bonds. The van der Waals surface area contributed by atoms with Gasteiger partial charge in [0.05, 0.1) is 18.1 Å². The van der Waals surface area contributed by atoms with Crippen molar-refractivity contribution >= 4 is 17.5 Å². The van der Waals surface area contributed by atoms with Crippen LogP contribution in [0.15, 0.2) is 18.2 Å². The molecule has 1 N–H and O–H groups in total. The maximum absolute atomic E-state index is 13.1. The molecule has 1 heterocycles. The van der Waals surface area contributed by atoms with E-state index >= 15 is 0 Å². The van der Waals surface area contributed by atoms with Crippen molar-refractivity contribution in [3.63, 3.8) is 0 Å². The molecular formula is C23H31F6N3O4. The quantitative estimate of drug-likeness (QED) is 0.578. The van der Waals surface area contributed by atoms with E-state index in [0.29, 0.717) is 0 Å². The second-order valence-corrected chi connectivity index (χ2v) is 9.01. The summed E-state index contributed by atoms with van der Waals surface area (Å²) in [6.07, 6.45) is -12.2. The summed E-state index contributed by atoms with van der Waals surface area (Å²) in [6, 6.07) is 3.32. The van der Waals surface area contributed by atoms with Gasteiger partial charge in [-0.05, 0) is 25.0 Å². The molecule has 1 aliphatic rings. The number of ether oxygens (including phenoxy) is 2. The number of hydrogen-bond donors (Lipinski definition) is 1. The number of methoxy groups -OCH3 is 1. The van der Waals surface area contributed by atoms with Crippen molar-refractivity contribution in [2.75, 3.05) is 45.7 Å². The van der Waals surface area contributed by atoms with Crippen molar-refractivity contribution in [2.45, 2.75) is 51.2 Å². The number of rotatable bonds is 5. The molecule has 36 heavy (non-hydrogen) atoms. The Bertz CT molecular complexity index is 909. The molecule has 1 aliphatic heterocycles. The lowest BCUT2D eigenvalue weighted by atomic mass is 10.0. The van der Waals surface area contributed by atoms with Crippen molar-refractivity contribution in [1.29, 1.82) is 0 Å². The molecule has 0 saturated carbocycles. The van der Waals surface area contributed by atoms with Crippen LogP contribution in [0.3, 0.4) is 0 Å². The minimum atomic E-state index is -4.69. The number of halogens is 6. The maximum atomic E-state index is 13.1. The largest absolute Gasteiger partial charge is 0.491 e. The second-order valence-electron chi connectivity index (χ2n) is 9.01. The first-order valence-corrected chi connectivity index (χ1v) is 11.3. The number of carbonyl (C=O) groups excluding carboxylic acids is 2. The minimum Gasteiger partial charge on any atom is -0.491 e. The fraction of sp³-hybridized carbons (Fsp3) is 0.652. The Labute approximate surface area is 205 Å². The number of nitrogens with zero attached hydrogens (tertiary/aromatic N) is 2. The number of carbonyl (C=O) groups is 2. The Hall–Kier alpha value is -2.54. The zero-order valence-electron chi connectivity index (χ0n) is 20.5. The Morgan fingerprint density at radius 3 is 2.39 bits per heavy atom. The van der Waals surface area contributed by atoms with Crippen molar-refractivity contribution in [3.05, 3.63) is 23.8 Å². The number of anilines is 1. The number of likely N-dealkylation sites (N-methyl/N-ethyl adjacent to an activating group) is 1. The summed E-state index contributed by atoms with van der Waals surface area (Å²) in [5.41, 5.74) is 0.0685. The summed E-state index contributed by atoms with van der Waals surface area (Å²) in [7, 11) is 2.99. The SMILES string of the molecule is CO[C@@H]1CN(C)C(=O)c2ccc(NC(=O)CC(F)(F)F)cc2OC[C@@H](C)N(CCC(F)(F)F)C[C@H]1C. The Kier molecular flexibility index (Phi) is 10.0. The van der Waals surface area contributed by atoms with Crippen LogP contribution >= 0.6 is 0 Å². The van der Waals surface area contributed by atoms with Crippen LogP contribution in [-0.2, 0) is 9.53 Å². The summed E-state index contributed by atoms with van der Waals surface area (Å²) in [4.78, 5) is 27.8. The summed E-state index contributed by atoms with van der Waals surface area (Å²) in [5.74, 6) is -1.97. The van der Waals surface area contributed by atoms with Gasteiger partial charge < -0.3 is 19.7 Å². The van der Waals surface area contributed by atoms with E-state index in [-0.39, 0.29) is 49.2 Å². The summed E-state index contributed by atoms with van der Waals surface area (Å²) >= 11 is 0. The summed E-state index contributed by atoms with van der Waals surface area (Å²) < 4.78 is 87.7. The van der Waals surface area contributed by atoms with Crippen molar-refractivity contribution in [1.82, 2.24) is 9.80 Å². The molecule has 0 unspecified atom stereocenters. The number of hydrogen-bond acceptors (Lipinski definition) is 5. The van der Waals surface area contributed by atoms with Gasteiger partial charge >= 0.3 is 12.4 Å². The number of nitrogens with one attached hydrogen (secondary N) is 1. The first-order chi connectivity index (χ1) is 16.6. The number of amides is 2. The molecule has 0 bridgehead atoms. The van der Waals surface area contributed by atoms with E-state index in [9.17, 15) is 35.9 Å². The van der Waals surface area contributed by atoms with Gasteiger partial charge in [0.1, 0.15) is 18.8 Å². The van der Waals surface area contributed by atoms with Gasteiger partial charge in [0.15, 0.2) is 0 Å². The minimum absolute atomic E-state index is 0.0122. The molecule has 0 fully saturated rings. The molecule has 0 spiro atoms. The van der Waals surface area contributed by atoms with Gasteiger partial charge in [0, 0.05) is 51.6 Å². The fourth-order valence-corrected chi connectivity index (χ4v) is 3.89. The lowest BCUT2D eigenvalue weighted by Gasteiger charge is -2.36. The Morgan fingerprint density at radius 1 is 1.14 bits per heavy atom. The van der Waals surface area contributed by atoms with E-state index in [1.165, 1.54) is 37.3 Å². The third kappa shape index (κ3) is 9.16. The zero-order chi connectivity index (χ0) is 27.3. The number of benzene rings is 1. The average Bonchev–Trinajstić information content (AvgIpc) is 2.75. The Balaban J connectivity index is 2.37. The molecule has 0 radical (unpaired) electrons. The molecule has 204 valence electrons. The highest BCUT2D eigenvalue weighted by atomic mass is 19.4. The molecule has 13 heteroatoms. The average molecular weight is 528 g/mol. The van der Waals surface area contributed by atoms with Gasteiger partial charge in [-0.3, -0.25) is 14.5 Å². The van der Waals surface area contributed by atoms with Gasteiger partial charge in [-0.1, -0.05) is 6.92 Å². The highest BCUT2D eigenvalue weighted by Crippen LogP contribution is 2.28. The molecule has 1 aromatic rings. The molecule has 3 atom stereocenters. The highest BCUT2D eigenvalue weighted by Gasteiger charge is 2.33. The topological polar surface area (TPSA) is 71.1 Å². The molecule has 0 aromatic heterocycles. The van der Waals surface area contributed by atoms with Crippen molar-refractivity contribution in [2.24, 2.45) is 5.92 Å². The fourth-order valence-electron chi connectivity index (χ4n) is 3.89. The van der Waals surface area contributed by atoms with E-state index < -0.39 is 49.2 Å². The van der Waals surface area contributed by atoms with Crippen molar-refractivity contribution < 1.29 is 45.4 Å². The number of fused-ring (bicyclic) bond motifs is 1. The molecular weight excluding hydrogens is 496 g/mol. The number of alkyl halides is 6. The van der Waals surface area contributed by atoms with E-state index in [2.05, 4.69) is 5.32 Å². The van der Waals surface area contributed by atoms with E-state index in [0.717, 1.165) is 0 Å². The van der Waals surface area contributed by atoms with Gasteiger partial charge in [-0.2, -0.15) is 26.3 Å². The van der Waals surface area contributed by atoms with Crippen LogP contribution in [0.1, 0.15) is 37.0 Å². The third-order valence-corrected chi connectivity index (χ3v) is 5.90. The predicted octanol–water partition coefficient (Wildman–Crippen LogP) is 4.34. The Morgan fingerprint density at radius 2 is 1.81 bits per heavy atom. The van der Waals surface area contributed by atoms with Crippen LogP contribution in [0.5, 0.6) is 5.75 Å². The van der Waals surface area contributed by atoms with E-state index in [4.69, 9.17) is 9.47 Å². The lowest BCUT2D eigenvalue weighted by Crippen LogP contribution is -2.47. The second kappa shape index (κ2) is 12.1. The van der Waals surface area contributed by atoms with E-state index in [1.54, 1.807) is 11.8 Å². The third-order valence-electron chi connectivity index (χ3n) is 5.90. The normalized spacial score (nSPS) is 22.8. The standard InChI is InChI=1S/C23H31F6N3O4/c1-14-11-32(8-7-22(24,25)26)15(2)13-36-18-9-16(30-20(33)10-23(27,28)29)5-6-17(18)21(34)31(3)12-19(14)35-4/h5-6,9,14-15,19H,7-8,10-13H2,1-4H3,(H,30,33)/t14-,15-,19-/m1/s1. The van der Waals surface area contributed by atoms with Gasteiger partial charge in [-0.15, -0.1) is 0 Å². The lowest BCUT2D eigenvalue weighted by molar-refractivity contribution is -0.150. The predicted molar refractivity (Wildman–Crippen MR) is 120 cm³/mol. The van der Waals surface area contributed by atoms with Gasteiger partial charge in [0.2, 0.25) is 5.91 Å². The van der Waals surface area contributed by atoms with Crippen LogP contribution in [0.25, 0.3) is 0 Å². The van der Waals surface area contributed by atoms with Crippen LogP contribution < -0.4 is 10.1 Å². The van der Waals surface area contributed by atoms with Crippen LogP contribution in [-0.4, -0.2) is 86.5 Å². The molecule has 0 aliphatic carbocycles. The maximum Gasteiger partial charge on any atom is 0.397 e. The molecule has 2 rings (SSSR count). The molecule has 0 saturated heterocycles. The molecule has 1 aromatic carbocycles.